The number of phenolic OH excluding ortho intramolecular Hbond substituents is 2. The minimum atomic E-state index is 0.130. The van der Waals surface area contributed by atoms with Crippen molar-refractivity contribution in [2.75, 3.05) is 33.2 Å². The van der Waals surface area contributed by atoms with Crippen molar-refractivity contribution in [2.24, 2.45) is 0 Å². The summed E-state index contributed by atoms with van der Waals surface area (Å²) in [4.78, 5) is 4.73. The van der Waals surface area contributed by atoms with Crippen LogP contribution in [0.1, 0.15) is 48.8 Å². The van der Waals surface area contributed by atoms with Crippen molar-refractivity contribution in [1.82, 2.24) is 9.80 Å². The van der Waals surface area contributed by atoms with E-state index in [4.69, 9.17) is 0 Å². The lowest BCUT2D eigenvalue weighted by molar-refractivity contribution is 0.147. The normalized spacial score (nSPS) is 23.3. The molecule has 4 nitrogen and oxygen atoms in total. The van der Waals surface area contributed by atoms with Gasteiger partial charge in [0, 0.05) is 49.8 Å². The third-order valence-electron chi connectivity index (χ3n) is 5.57. The van der Waals surface area contributed by atoms with Gasteiger partial charge in [-0.1, -0.05) is 11.6 Å². The zero-order chi connectivity index (χ0) is 17.3. The molecular formula is C20H30N2O2. The van der Waals surface area contributed by atoms with Crippen LogP contribution in [0.25, 0.3) is 0 Å². The Morgan fingerprint density at radius 2 is 1.83 bits per heavy atom. The molecule has 0 spiro atoms. The third-order valence-corrected chi connectivity index (χ3v) is 5.57. The zero-order valence-electron chi connectivity index (χ0n) is 15.2. The van der Waals surface area contributed by atoms with Gasteiger partial charge >= 0.3 is 0 Å². The zero-order valence-corrected chi connectivity index (χ0v) is 15.2. The summed E-state index contributed by atoms with van der Waals surface area (Å²) >= 11 is 0. The van der Waals surface area contributed by atoms with Crippen molar-refractivity contribution in [3.05, 3.63) is 34.4 Å². The number of hydrogen-bond donors (Lipinski definition) is 2. The molecule has 1 saturated heterocycles. The predicted molar refractivity (Wildman–Crippen MR) is 97.6 cm³/mol. The molecule has 4 heteroatoms. The summed E-state index contributed by atoms with van der Waals surface area (Å²) in [6.45, 7) is 9.05. The van der Waals surface area contributed by atoms with Gasteiger partial charge in [0.25, 0.3) is 0 Å². The van der Waals surface area contributed by atoms with Crippen LogP contribution in [-0.2, 0) is 6.54 Å². The van der Waals surface area contributed by atoms with Gasteiger partial charge in [0.15, 0.2) is 0 Å². The fraction of sp³-hybridized carbons (Fsp3) is 0.600. The fourth-order valence-corrected chi connectivity index (χ4v) is 3.97. The molecule has 1 aromatic rings. The second-order valence-corrected chi connectivity index (χ2v) is 7.54. The molecule has 2 aliphatic rings. The van der Waals surface area contributed by atoms with E-state index in [0.29, 0.717) is 5.75 Å². The molecule has 0 aromatic heterocycles. The first-order chi connectivity index (χ1) is 11.5. The van der Waals surface area contributed by atoms with Crippen molar-refractivity contribution in [3.63, 3.8) is 0 Å². The number of allylic oxidation sites excluding steroid dienone is 2. The second kappa shape index (κ2) is 7.16. The summed E-state index contributed by atoms with van der Waals surface area (Å²) in [6, 6.07) is 1.83. The molecule has 1 aromatic carbocycles. The van der Waals surface area contributed by atoms with E-state index in [0.717, 1.165) is 68.7 Å². The highest BCUT2D eigenvalue weighted by Gasteiger charge is 2.25. The standard InChI is InChI=1S/C20H30N2O2/c1-14-5-4-6-16(11-14)19-18(23)12-15(2)17(20(19)24)13-22-9-7-21(3)8-10-22/h11-12,16,23-24H,4-10,13H2,1-3H3. The van der Waals surface area contributed by atoms with Crippen LogP contribution < -0.4 is 0 Å². The van der Waals surface area contributed by atoms with Crippen LogP contribution in [0.3, 0.4) is 0 Å². The molecule has 0 amide bonds. The molecular weight excluding hydrogens is 300 g/mol. The van der Waals surface area contributed by atoms with E-state index in [1.165, 1.54) is 5.57 Å². The quantitative estimate of drug-likeness (QED) is 0.834. The van der Waals surface area contributed by atoms with Crippen molar-refractivity contribution >= 4 is 0 Å². The third kappa shape index (κ3) is 3.60. The average molecular weight is 330 g/mol. The maximum atomic E-state index is 10.9. The maximum absolute atomic E-state index is 10.9. The lowest BCUT2D eigenvalue weighted by atomic mass is 9.83. The number of aryl methyl sites for hydroxylation is 1. The first kappa shape index (κ1) is 17.3. The number of phenols is 2. The van der Waals surface area contributed by atoms with Gasteiger partial charge in [-0.25, -0.2) is 0 Å². The van der Waals surface area contributed by atoms with E-state index >= 15 is 0 Å². The topological polar surface area (TPSA) is 46.9 Å². The van der Waals surface area contributed by atoms with Crippen molar-refractivity contribution in [3.8, 4) is 11.5 Å². The van der Waals surface area contributed by atoms with E-state index in [1.807, 2.05) is 13.0 Å². The summed E-state index contributed by atoms with van der Waals surface area (Å²) in [5.41, 5.74) is 4.03. The lowest BCUT2D eigenvalue weighted by Gasteiger charge is -2.33. The number of likely N-dealkylation sites (N-methyl/N-ethyl adjacent to an activating group) is 1. The minimum Gasteiger partial charge on any atom is -0.507 e. The minimum absolute atomic E-state index is 0.130. The van der Waals surface area contributed by atoms with E-state index < -0.39 is 0 Å². The SMILES string of the molecule is CC1=CC(c2c(O)cc(C)c(CN3CCN(C)CC3)c2O)CCC1. The summed E-state index contributed by atoms with van der Waals surface area (Å²) < 4.78 is 0. The van der Waals surface area contributed by atoms with Gasteiger partial charge in [-0.05, 0) is 51.8 Å². The van der Waals surface area contributed by atoms with E-state index in [2.05, 4.69) is 29.8 Å². The van der Waals surface area contributed by atoms with Crippen molar-refractivity contribution in [2.45, 2.75) is 45.6 Å². The van der Waals surface area contributed by atoms with Gasteiger partial charge in [0.05, 0.1) is 0 Å². The Hall–Kier alpha value is -1.52. The predicted octanol–water partition coefficient (Wildman–Crippen LogP) is 3.37. The Labute approximate surface area is 145 Å². The largest absolute Gasteiger partial charge is 0.507 e. The molecule has 1 aliphatic heterocycles. The van der Waals surface area contributed by atoms with E-state index in [9.17, 15) is 10.2 Å². The smallest absolute Gasteiger partial charge is 0.127 e. The van der Waals surface area contributed by atoms with Crippen LogP contribution in [0, 0.1) is 6.92 Å². The van der Waals surface area contributed by atoms with Gasteiger partial charge in [0.1, 0.15) is 11.5 Å². The average Bonchev–Trinajstić information content (AvgIpc) is 2.53. The van der Waals surface area contributed by atoms with Crippen LogP contribution in [0.4, 0.5) is 0 Å². The highest BCUT2D eigenvalue weighted by molar-refractivity contribution is 5.55. The van der Waals surface area contributed by atoms with Crippen molar-refractivity contribution < 1.29 is 10.2 Å². The van der Waals surface area contributed by atoms with E-state index in [1.54, 1.807) is 0 Å². The Bertz CT molecular complexity index is 631. The molecule has 0 saturated carbocycles. The van der Waals surface area contributed by atoms with Gasteiger partial charge < -0.3 is 15.1 Å². The molecule has 2 N–H and O–H groups in total. The Morgan fingerprint density at radius 1 is 1.12 bits per heavy atom. The highest BCUT2D eigenvalue weighted by Crippen LogP contribution is 2.43. The number of hydrogen-bond acceptors (Lipinski definition) is 4. The molecule has 24 heavy (non-hydrogen) atoms. The summed E-state index contributed by atoms with van der Waals surface area (Å²) in [5, 5.41) is 21.4. The first-order valence-electron chi connectivity index (χ1n) is 9.08. The summed E-state index contributed by atoms with van der Waals surface area (Å²) in [5.74, 6) is 0.677. The van der Waals surface area contributed by atoms with Crippen LogP contribution in [0.2, 0.25) is 0 Å². The van der Waals surface area contributed by atoms with Crippen molar-refractivity contribution in [1.29, 1.82) is 0 Å². The number of benzene rings is 1. The maximum Gasteiger partial charge on any atom is 0.127 e. The second-order valence-electron chi connectivity index (χ2n) is 7.54. The van der Waals surface area contributed by atoms with Gasteiger partial charge in [-0.3, -0.25) is 4.90 Å². The Morgan fingerprint density at radius 3 is 2.50 bits per heavy atom. The van der Waals surface area contributed by atoms with Crippen LogP contribution in [0.5, 0.6) is 11.5 Å². The number of piperazine rings is 1. The number of aromatic hydroxyl groups is 2. The van der Waals surface area contributed by atoms with Gasteiger partial charge in [-0.2, -0.15) is 0 Å². The van der Waals surface area contributed by atoms with Crippen LogP contribution in [-0.4, -0.2) is 53.2 Å². The Balaban J connectivity index is 1.89. The lowest BCUT2D eigenvalue weighted by Crippen LogP contribution is -2.44. The number of nitrogens with zero attached hydrogens (tertiary/aromatic N) is 2. The molecule has 1 atom stereocenters. The first-order valence-corrected chi connectivity index (χ1v) is 9.08. The molecule has 0 bridgehead atoms. The number of rotatable bonds is 3. The Kier molecular flexibility index (Phi) is 5.16. The molecule has 1 heterocycles. The highest BCUT2D eigenvalue weighted by atomic mass is 16.3. The summed E-state index contributed by atoms with van der Waals surface area (Å²) in [6.07, 6.45) is 5.45. The summed E-state index contributed by atoms with van der Waals surface area (Å²) in [7, 11) is 2.15. The van der Waals surface area contributed by atoms with Crippen LogP contribution in [0.15, 0.2) is 17.7 Å². The molecule has 1 aliphatic carbocycles. The van der Waals surface area contributed by atoms with Gasteiger partial charge in [0.2, 0.25) is 0 Å². The van der Waals surface area contributed by atoms with Crippen LogP contribution >= 0.6 is 0 Å². The van der Waals surface area contributed by atoms with Gasteiger partial charge in [-0.15, -0.1) is 0 Å². The molecule has 3 rings (SSSR count). The monoisotopic (exact) mass is 330 g/mol. The molecule has 132 valence electrons. The molecule has 1 fully saturated rings. The molecule has 0 radical (unpaired) electrons. The molecule has 1 unspecified atom stereocenters. The van der Waals surface area contributed by atoms with E-state index in [-0.39, 0.29) is 11.7 Å². The fourth-order valence-electron chi connectivity index (χ4n) is 3.97.